The van der Waals surface area contributed by atoms with Crippen molar-refractivity contribution < 1.29 is 4.74 Å². The molecule has 0 unspecified atom stereocenters. The second-order valence-corrected chi connectivity index (χ2v) is 3.22. The van der Waals surface area contributed by atoms with Crippen molar-refractivity contribution in [3.05, 3.63) is 35.9 Å². The summed E-state index contributed by atoms with van der Waals surface area (Å²) >= 11 is 0. The first-order valence-corrected chi connectivity index (χ1v) is 4.90. The van der Waals surface area contributed by atoms with E-state index in [0.717, 1.165) is 11.3 Å². The largest absolute Gasteiger partial charge is 0.497 e. The summed E-state index contributed by atoms with van der Waals surface area (Å²) in [4.78, 5) is 0. The van der Waals surface area contributed by atoms with Gasteiger partial charge >= 0.3 is 0 Å². The molecular formula is C13H12N2O. The van der Waals surface area contributed by atoms with Gasteiger partial charge in [0, 0.05) is 0 Å². The Hall–Kier alpha value is -2.26. The SMILES string of the molecule is COc1ccc(/C=C/CC(C#N)C#N)cc1. The lowest BCUT2D eigenvalue weighted by Crippen LogP contribution is -1.88. The molecule has 16 heavy (non-hydrogen) atoms. The van der Waals surface area contributed by atoms with Crippen LogP contribution in [0.3, 0.4) is 0 Å². The highest BCUT2D eigenvalue weighted by Gasteiger charge is 2.00. The number of benzene rings is 1. The Kier molecular flexibility index (Phi) is 4.63. The molecule has 0 aliphatic carbocycles. The van der Waals surface area contributed by atoms with Gasteiger partial charge in [-0.25, -0.2) is 0 Å². The molecule has 3 nitrogen and oxygen atoms in total. The normalized spacial score (nSPS) is 10.0. The molecule has 1 aromatic rings. The van der Waals surface area contributed by atoms with E-state index in [1.807, 2.05) is 48.6 Å². The molecular weight excluding hydrogens is 200 g/mol. The lowest BCUT2D eigenvalue weighted by molar-refractivity contribution is 0.415. The van der Waals surface area contributed by atoms with Gasteiger partial charge in [0.15, 0.2) is 0 Å². The van der Waals surface area contributed by atoms with E-state index < -0.39 is 5.92 Å². The molecule has 0 heterocycles. The molecule has 0 saturated heterocycles. The zero-order valence-electron chi connectivity index (χ0n) is 9.05. The summed E-state index contributed by atoms with van der Waals surface area (Å²) in [6, 6.07) is 11.4. The summed E-state index contributed by atoms with van der Waals surface area (Å²) in [5, 5.41) is 17.1. The summed E-state index contributed by atoms with van der Waals surface area (Å²) in [5.41, 5.74) is 1.02. The zero-order valence-corrected chi connectivity index (χ0v) is 9.05. The lowest BCUT2D eigenvalue weighted by Gasteiger charge is -1.99. The fraction of sp³-hybridized carbons (Fsp3) is 0.231. The van der Waals surface area contributed by atoms with Crippen molar-refractivity contribution in [2.24, 2.45) is 5.92 Å². The highest BCUT2D eigenvalue weighted by Crippen LogP contribution is 2.13. The molecule has 1 rings (SSSR count). The Labute approximate surface area is 95.2 Å². The van der Waals surface area contributed by atoms with Crippen LogP contribution in [0.15, 0.2) is 30.3 Å². The number of allylic oxidation sites excluding steroid dienone is 1. The van der Waals surface area contributed by atoms with Crippen molar-refractivity contribution in [1.82, 2.24) is 0 Å². The van der Waals surface area contributed by atoms with Gasteiger partial charge < -0.3 is 4.74 Å². The number of nitrogens with zero attached hydrogens (tertiary/aromatic N) is 2. The summed E-state index contributed by atoms with van der Waals surface area (Å²) < 4.78 is 5.04. The molecule has 80 valence electrons. The molecule has 0 aliphatic rings. The molecule has 0 amide bonds. The summed E-state index contributed by atoms with van der Waals surface area (Å²) in [6.45, 7) is 0. The Morgan fingerprint density at radius 3 is 2.38 bits per heavy atom. The van der Waals surface area contributed by atoms with Gasteiger partial charge in [-0.3, -0.25) is 0 Å². The van der Waals surface area contributed by atoms with Gasteiger partial charge in [-0.05, 0) is 24.1 Å². The van der Waals surface area contributed by atoms with E-state index in [0.29, 0.717) is 6.42 Å². The van der Waals surface area contributed by atoms with E-state index >= 15 is 0 Å². The smallest absolute Gasteiger partial charge is 0.136 e. The standard InChI is InChI=1S/C13H12N2O/c1-16-13-7-5-11(6-8-13)3-2-4-12(9-14)10-15/h2-3,5-8,12H,4H2,1H3/b3-2+. The van der Waals surface area contributed by atoms with Gasteiger partial charge in [0.2, 0.25) is 0 Å². The third-order valence-corrected chi connectivity index (χ3v) is 2.11. The number of hydrogen-bond acceptors (Lipinski definition) is 3. The van der Waals surface area contributed by atoms with Crippen LogP contribution < -0.4 is 4.74 Å². The van der Waals surface area contributed by atoms with Crippen LogP contribution in [0.25, 0.3) is 6.08 Å². The van der Waals surface area contributed by atoms with Crippen LogP contribution in [0.2, 0.25) is 0 Å². The number of nitriles is 2. The van der Waals surface area contributed by atoms with E-state index in [1.165, 1.54) is 0 Å². The predicted octanol–water partition coefficient (Wildman–Crippen LogP) is 2.76. The Balaban J connectivity index is 2.57. The summed E-state index contributed by atoms with van der Waals surface area (Å²) in [7, 11) is 1.62. The molecule has 0 aromatic heterocycles. The predicted molar refractivity (Wildman–Crippen MR) is 61.4 cm³/mol. The highest BCUT2D eigenvalue weighted by molar-refractivity contribution is 5.50. The molecule has 0 bridgehead atoms. The highest BCUT2D eigenvalue weighted by atomic mass is 16.5. The maximum absolute atomic E-state index is 8.57. The zero-order chi connectivity index (χ0) is 11.8. The van der Waals surface area contributed by atoms with Gasteiger partial charge in [0.1, 0.15) is 11.7 Å². The molecule has 0 saturated carbocycles. The third-order valence-electron chi connectivity index (χ3n) is 2.11. The Morgan fingerprint density at radius 2 is 1.88 bits per heavy atom. The third kappa shape index (κ3) is 3.48. The van der Waals surface area contributed by atoms with Gasteiger partial charge in [-0.1, -0.05) is 24.3 Å². The number of hydrogen-bond donors (Lipinski definition) is 0. The maximum Gasteiger partial charge on any atom is 0.136 e. The molecule has 0 N–H and O–H groups in total. The van der Waals surface area contributed by atoms with Gasteiger partial charge in [0.25, 0.3) is 0 Å². The van der Waals surface area contributed by atoms with Crippen molar-refractivity contribution in [2.45, 2.75) is 6.42 Å². The van der Waals surface area contributed by atoms with E-state index in [4.69, 9.17) is 15.3 Å². The molecule has 0 spiro atoms. The van der Waals surface area contributed by atoms with Gasteiger partial charge in [0.05, 0.1) is 19.2 Å². The quantitative estimate of drug-likeness (QED) is 0.771. The molecule has 0 fully saturated rings. The average molecular weight is 212 g/mol. The van der Waals surface area contributed by atoms with E-state index in [1.54, 1.807) is 7.11 Å². The molecule has 3 heteroatoms. The average Bonchev–Trinajstić information content (AvgIpc) is 2.35. The van der Waals surface area contributed by atoms with Crippen molar-refractivity contribution in [1.29, 1.82) is 10.5 Å². The van der Waals surface area contributed by atoms with Gasteiger partial charge in [-0.2, -0.15) is 10.5 Å². The number of rotatable bonds is 4. The fourth-order valence-electron chi connectivity index (χ4n) is 1.19. The number of ether oxygens (including phenoxy) is 1. The molecule has 0 radical (unpaired) electrons. The first-order valence-electron chi connectivity index (χ1n) is 4.90. The first-order chi connectivity index (χ1) is 7.80. The minimum atomic E-state index is -0.561. The first kappa shape index (κ1) is 11.8. The van der Waals surface area contributed by atoms with Crippen molar-refractivity contribution in [2.75, 3.05) is 7.11 Å². The van der Waals surface area contributed by atoms with E-state index in [2.05, 4.69) is 0 Å². The fourth-order valence-corrected chi connectivity index (χ4v) is 1.19. The van der Waals surface area contributed by atoms with Crippen molar-refractivity contribution >= 4 is 6.08 Å². The Morgan fingerprint density at radius 1 is 1.25 bits per heavy atom. The summed E-state index contributed by atoms with van der Waals surface area (Å²) in [6.07, 6.45) is 4.18. The van der Waals surface area contributed by atoms with Crippen LogP contribution in [0, 0.1) is 28.6 Å². The molecule has 1 aromatic carbocycles. The Bertz CT molecular complexity index is 420. The monoisotopic (exact) mass is 212 g/mol. The van der Waals surface area contributed by atoms with Crippen molar-refractivity contribution in [3.8, 4) is 17.9 Å². The van der Waals surface area contributed by atoms with Crippen LogP contribution in [0.5, 0.6) is 5.75 Å². The maximum atomic E-state index is 8.57. The second-order valence-electron chi connectivity index (χ2n) is 3.22. The minimum Gasteiger partial charge on any atom is -0.497 e. The van der Waals surface area contributed by atoms with E-state index in [9.17, 15) is 0 Å². The van der Waals surface area contributed by atoms with Gasteiger partial charge in [-0.15, -0.1) is 0 Å². The van der Waals surface area contributed by atoms with Crippen LogP contribution in [-0.2, 0) is 0 Å². The second kappa shape index (κ2) is 6.27. The van der Waals surface area contributed by atoms with Crippen LogP contribution in [0.4, 0.5) is 0 Å². The number of methoxy groups -OCH3 is 1. The van der Waals surface area contributed by atoms with Crippen LogP contribution >= 0.6 is 0 Å². The topological polar surface area (TPSA) is 56.8 Å². The minimum absolute atomic E-state index is 0.457. The molecule has 0 atom stereocenters. The van der Waals surface area contributed by atoms with Crippen molar-refractivity contribution in [3.63, 3.8) is 0 Å². The molecule has 0 aliphatic heterocycles. The van der Waals surface area contributed by atoms with Crippen LogP contribution in [-0.4, -0.2) is 7.11 Å². The summed E-state index contributed by atoms with van der Waals surface area (Å²) in [5.74, 6) is 0.249. The van der Waals surface area contributed by atoms with Crippen LogP contribution in [0.1, 0.15) is 12.0 Å². The van der Waals surface area contributed by atoms with E-state index in [-0.39, 0.29) is 0 Å². The lowest BCUT2D eigenvalue weighted by atomic mass is 10.1.